The van der Waals surface area contributed by atoms with E-state index in [1.54, 1.807) is 31.2 Å². The predicted octanol–water partition coefficient (Wildman–Crippen LogP) is 3.76. The highest BCUT2D eigenvalue weighted by atomic mass is 32.2. The minimum absolute atomic E-state index is 0.0679. The summed E-state index contributed by atoms with van der Waals surface area (Å²) in [6.45, 7) is 5.61. The van der Waals surface area contributed by atoms with Crippen LogP contribution in [0.25, 0.3) is 0 Å². The Morgan fingerprint density at radius 2 is 1.59 bits per heavy atom. The lowest BCUT2D eigenvalue weighted by Gasteiger charge is -2.13. The molecule has 0 saturated carbocycles. The van der Waals surface area contributed by atoms with Crippen LogP contribution in [0.1, 0.15) is 19.4 Å². The fraction of sp³-hybridized carbons (Fsp3) is 0.250. The monoisotopic (exact) mass is 322 g/mol. The molecule has 0 aliphatic carbocycles. The molecule has 0 aromatic heterocycles. The first-order valence-corrected chi connectivity index (χ1v) is 8.42. The third kappa shape index (κ3) is 3.98. The molecule has 0 atom stereocenters. The number of nitrogens with one attached hydrogen (secondary N) is 2. The molecule has 0 saturated heterocycles. The van der Waals surface area contributed by atoms with Gasteiger partial charge in [0, 0.05) is 17.4 Å². The Hall–Kier alpha value is -2.08. The van der Waals surface area contributed by atoms with E-state index < -0.39 is 15.8 Å². The molecular weight excluding hydrogens is 303 g/mol. The molecule has 0 bridgehead atoms. The molecule has 2 aromatic carbocycles. The first kappa shape index (κ1) is 16.3. The van der Waals surface area contributed by atoms with E-state index in [4.69, 9.17) is 0 Å². The normalized spacial score (nSPS) is 11.5. The van der Waals surface area contributed by atoms with Gasteiger partial charge in [-0.1, -0.05) is 0 Å². The van der Waals surface area contributed by atoms with E-state index in [1.165, 1.54) is 12.1 Å². The van der Waals surface area contributed by atoms with Crippen molar-refractivity contribution in [1.82, 2.24) is 0 Å². The van der Waals surface area contributed by atoms with Crippen molar-refractivity contribution in [2.45, 2.75) is 31.7 Å². The molecule has 0 aliphatic rings. The molecule has 0 fully saturated rings. The van der Waals surface area contributed by atoms with Crippen LogP contribution in [-0.4, -0.2) is 14.5 Å². The van der Waals surface area contributed by atoms with Gasteiger partial charge in [-0.3, -0.25) is 4.72 Å². The zero-order valence-electron chi connectivity index (χ0n) is 12.7. The predicted molar refractivity (Wildman–Crippen MR) is 87.1 cm³/mol. The standard InChI is InChI=1S/C16H19FN2O2S/c1-11(2)18-14-5-7-15(8-6-14)19-22(20,21)16-9-4-13(17)10-12(16)3/h4-11,18-19H,1-3H3. The summed E-state index contributed by atoms with van der Waals surface area (Å²) in [7, 11) is -3.73. The zero-order valence-corrected chi connectivity index (χ0v) is 13.5. The number of hydrogen-bond acceptors (Lipinski definition) is 3. The second kappa shape index (κ2) is 6.36. The van der Waals surface area contributed by atoms with Gasteiger partial charge in [-0.15, -0.1) is 0 Å². The van der Waals surface area contributed by atoms with Crippen molar-refractivity contribution in [3.8, 4) is 0 Å². The molecule has 0 heterocycles. The summed E-state index contributed by atoms with van der Waals surface area (Å²) in [6, 6.07) is 10.9. The van der Waals surface area contributed by atoms with Gasteiger partial charge in [-0.25, -0.2) is 12.8 Å². The number of anilines is 2. The summed E-state index contributed by atoms with van der Waals surface area (Å²) >= 11 is 0. The van der Waals surface area contributed by atoms with Gasteiger partial charge in [0.15, 0.2) is 0 Å². The van der Waals surface area contributed by atoms with Crippen LogP contribution in [-0.2, 0) is 10.0 Å². The first-order valence-electron chi connectivity index (χ1n) is 6.93. The Bertz CT molecular complexity index is 756. The SMILES string of the molecule is Cc1cc(F)ccc1S(=O)(=O)Nc1ccc(NC(C)C)cc1. The smallest absolute Gasteiger partial charge is 0.262 e. The summed E-state index contributed by atoms with van der Waals surface area (Å²) in [5.74, 6) is -0.458. The van der Waals surface area contributed by atoms with E-state index >= 15 is 0 Å². The van der Waals surface area contributed by atoms with E-state index in [1.807, 2.05) is 13.8 Å². The Labute approximate surface area is 130 Å². The van der Waals surface area contributed by atoms with Crippen LogP contribution in [0.15, 0.2) is 47.4 Å². The number of hydrogen-bond donors (Lipinski definition) is 2. The van der Waals surface area contributed by atoms with Crippen molar-refractivity contribution in [3.63, 3.8) is 0 Å². The third-order valence-corrected chi connectivity index (χ3v) is 4.56. The number of halogens is 1. The maximum absolute atomic E-state index is 13.1. The Morgan fingerprint density at radius 3 is 2.14 bits per heavy atom. The summed E-state index contributed by atoms with van der Waals surface area (Å²) in [6.07, 6.45) is 0. The highest BCUT2D eigenvalue weighted by Crippen LogP contribution is 2.21. The number of aryl methyl sites for hydroxylation is 1. The summed E-state index contributed by atoms with van der Waals surface area (Å²) in [5.41, 5.74) is 1.74. The largest absolute Gasteiger partial charge is 0.383 e. The van der Waals surface area contributed by atoms with Gasteiger partial charge < -0.3 is 5.32 Å². The van der Waals surface area contributed by atoms with Gasteiger partial charge >= 0.3 is 0 Å². The third-order valence-electron chi connectivity index (χ3n) is 3.02. The van der Waals surface area contributed by atoms with Gasteiger partial charge in [-0.05, 0) is 68.8 Å². The lowest BCUT2D eigenvalue weighted by Crippen LogP contribution is -2.14. The van der Waals surface area contributed by atoms with Crippen LogP contribution in [0.3, 0.4) is 0 Å². The number of benzene rings is 2. The van der Waals surface area contributed by atoms with Gasteiger partial charge in [0.1, 0.15) is 5.82 Å². The fourth-order valence-electron chi connectivity index (χ4n) is 2.09. The van der Waals surface area contributed by atoms with Gasteiger partial charge in [-0.2, -0.15) is 0 Å². The summed E-state index contributed by atoms with van der Waals surface area (Å²) in [5, 5.41) is 3.22. The minimum atomic E-state index is -3.73. The quantitative estimate of drug-likeness (QED) is 0.881. The van der Waals surface area contributed by atoms with Crippen molar-refractivity contribution >= 4 is 21.4 Å². The van der Waals surface area contributed by atoms with E-state index in [2.05, 4.69) is 10.0 Å². The highest BCUT2D eigenvalue weighted by molar-refractivity contribution is 7.92. The summed E-state index contributed by atoms with van der Waals surface area (Å²) < 4.78 is 40.3. The van der Waals surface area contributed by atoms with Crippen molar-refractivity contribution in [2.75, 3.05) is 10.0 Å². The molecule has 0 aliphatic heterocycles. The maximum atomic E-state index is 13.1. The highest BCUT2D eigenvalue weighted by Gasteiger charge is 2.17. The van der Waals surface area contributed by atoms with Gasteiger partial charge in [0.05, 0.1) is 4.90 Å². The number of rotatable bonds is 5. The summed E-state index contributed by atoms with van der Waals surface area (Å²) in [4.78, 5) is 0.0679. The van der Waals surface area contributed by atoms with Crippen LogP contribution in [0, 0.1) is 12.7 Å². The molecule has 6 heteroatoms. The van der Waals surface area contributed by atoms with Crippen molar-refractivity contribution in [1.29, 1.82) is 0 Å². The molecule has 2 rings (SSSR count). The van der Waals surface area contributed by atoms with Crippen LogP contribution < -0.4 is 10.0 Å². The maximum Gasteiger partial charge on any atom is 0.262 e. The van der Waals surface area contributed by atoms with Gasteiger partial charge in [0.2, 0.25) is 0 Å². The van der Waals surface area contributed by atoms with Crippen LogP contribution in [0.2, 0.25) is 0 Å². The molecule has 22 heavy (non-hydrogen) atoms. The van der Waals surface area contributed by atoms with Crippen molar-refractivity contribution in [2.24, 2.45) is 0 Å². The number of sulfonamides is 1. The molecule has 118 valence electrons. The molecule has 0 unspecified atom stereocenters. The Morgan fingerprint density at radius 1 is 1.00 bits per heavy atom. The van der Waals surface area contributed by atoms with E-state index in [0.717, 1.165) is 11.8 Å². The van der Waals surface area contributed by atoms with Crippen LogP contribution in [0.4, 0.5) is 15.8 Å². The molecule has 2 aromatic rings. The molecule has 0 spiro atoms. The zero-order chi connectivity index (χ0) is 16.3. The average molecular weight is 322 g/mol. The molecule has 0 radical (unpaired) electrons. The lowest BCUT2D eigenvalue weighted by atomic mass is 10.2. The molecular formula is C16H19FN2O2S. The molecule has 2 N–H and O–H groups in total. The molecule has 0 amide bonds. The fourth-order valence-corrected chi connectivity index (χ4v) is 3.38. The topological polar surface area (TPSA) is 58.2 Å². The average Bonchev–Trinajstić information content (AvgIpc) is 2.39. The van der Waals surface area contributed by atoms with E-state index in [-0.39, 0.29) is 4.90 Å². The first-order chi connectivity index (χ1) is 10.3. The lowest BCUT2D eigenvalue weighted by molar-refractivity contribution is 0.598. The van der Waals surface area contributed by atoms with E-state index in [9.17, 15) is 12.8 Å². The Kier molecular flexibility index (Phi) is 4.71. The van der Waals surface area contributed by atoms with Crippen molar-refractivity contribution in [3.05, 3.63) is 53.8 Å². The Balaban J connectivity index is 2.21. The second-order valence-corrected chi connectivity index (χ2v) is 7.04. The second-order valence-electron chi connectivity index (χ2n) is 5.39. The van der Waals surface area contributed by atoms with Crippen LogP contribution in [0.5, 0.6) is 0 Å². The van der Waals surface area contributed by atoms with Crippen molar-refractivity contribution < 1.29 is 12.8 Å². The minimum Gasteiger partial charge on any atom is -0.383 e. The van der Waals surface area contributed by atoms with Gasteiger partial charge in [0.25, 0.3) is 10.0 Å². The van der Waals surface area contributed by atoms with E-state index in [0.29, 0.717) is 17.3 Å². The van der Waals surface area contributed by atoms with Crippen LogP contribution >= 0.6 is 0 Å². The molecule has 4 nitrogen and oxygen atoms in total.